The smallest absolute Gasteiger partial charge is 0.221 e. The van der Waals surface area contributed by atoms with Crippen LogP contribution in [0.3, 0.4) is 0 Å². The summed E-state index contributed by atoms with van der Waals surface area (Å²) in [5.41, 5.74) is 1.05. The van der Waals surface area contributed by atoms with Gasteiger partial charge in [0, 0.05) is 13.1 Å². The van der Waals surface area contributed by atoms with Crippen molar-refractivity contribution in [2.24, 2.45) is 0 Å². The second-order valence-corrected chi connectivity index (χ2v) is 3.49. The van der Waals surface area contributed by atoms with Gasteiger partial charge in [-0.15, -0.1) is 0 Å². The Morgan fingerprint density at radius 1 is 1.69 bits per heavy atom. The number of nitrogens with zero attached hydrogens (tertiary/aromatic N) is 1. The van der Waals surface area contributed by atoms with Gasteiger partial charge in [0.25, 0.3) is 0 Å². The van der Waals surface area contributed by atoms with Crippen molar-refractivity contribution in [3.8, 4) is 0 Å². The highest BCUT2D eigenvalue weighted by atomic mass is 35.5. The van der Waals surface area contributed by atoms with Crippen LogP contribution < -0.4 is 5.32 Å². The molecule has 1 N–H and O–H groups in total. The van der Waals surface area contributed by atoms with E-state index in [2.05, 4.69) is 16.9 Å². The summed E-state index contributed by atoms with van der Waals surface area (Å²) >= 11 is 5.87. The SMILES string of the molecule is C=C(OCC)c1cc(NC(C)=O)c(Cl)cn1. The lowest BCUT2D eigenvalue weighted by atomic mass is 10.3. The number of halogens is 1. The van der Waals surface area contributed by atoms with Gasteiger partial charge in [0.1, 0.15) is 11.5 Å². The molecule has 86 valence electrons. The first-order valence-corrected chi connectivity index (χ1v) is 5.17. The van der Waals surface area contributed by atoms with E-state index in [1.54, 1.807) is 6.07 Å². The Bertz CT molecular complexity index is 418. The lowest BCUT2D eigenvalue weighted by molar-refractivity contribution is -0.114. The van der Waals surface area contributed by atoms with Crippen molar-refractivity contribution < 1.29 is 9.53 Å². The molecule has 5 heteroatoms. The Hall–Kier alpha value is -1.55. The summed E-state index contributed by atoms with van der Waals surface area (Å²) in [6, 6.07) is 1.63. The standard InChI is InChI=1S/C11H13ClN2O2/c1-4-16-7(2)10-5-11(14-8(3)15)9(12)6-13-10/h5-6H,2,4H2,1,3H3,(H,13,14,15). The molecule has 0 aliphatic carbocycles. The fourth-order valence-electron chi connectivity index (χ4n) is 1.12. The number of anilines is 1. The summed E-state index contributed by atoms with van der Waals surface area (Å²) in [6.07, 6.45) is 1.45. The van der Waals surface area contributed by atoms with Crippen molar-refractivity contribution in [3.05, 3.63) is 29.6 Å². The van der Waals surface area contributed by atoms with Gasteiger partial charge in [-0.25, -0.2) is 0 Å². The minimum Gasteiger partial charge on any atom is -0.492 e. The van der Waals surface area contributed by atoms with E-state index in [1.165, 1.54) is 13.1 Å². The van der Waals surface area contributed by atoms with Crippen molar-refractivity contribution in [1.82, 2.24) is 4.98 Å². The van der Waals surface area contributed by atoms with Gasteiger partial charge < -0.3 is 10.1 Å². The summed E-state index contributed by atoms with van der Waals surface area (Å²) in [5, 5.41) is 2.98. The number of rotatable bonds is 4. The van der Waals surface area contributed by atoms with Gasteiger partial charge in [0.05, 0.1) is 17.3 Å². The van der Waals surface area contributed by atoms with Crippen LogP contribution in [0.2, 0.25) is 5.02 Å². The number of carbonyl (C=O) groups is 1. The molecule has 1 aromatic heterocycles. The molecule has 0 atom stereocenters. The van der Waals surface area contributed by atoms with Gasteiger partial charge in [-0.2, -0.15) is 0 Å². The van der Waals surface area contributed by atoms with Crippen LogP contribution in [0.5, 0.6) is 0 Å². The summed E-state index contributed by atoms with van der Waals surface area (Å²) in [4.78, 5) is 15.0. The van der Waals surface area contributed by atoms with Crippen LogP contribution in [0.15, 0.2) is 18.8 Å². The Kier molecular flexibility index (Phi) is 4.31. The van der Waals surface area contributed by atoms with E-state index in [1.807, 2.05) is 6.92 Å². The number of pyridine rings is 1. The molecule has 0 saturated carbocycles. The largest absolute Gasteiger partial charge is 0.492 e. The molecular formula is C11H13ClN2O2. The maximum atomic E-state index is 10.9. The number of carbonyl (C=O) groups excluding carboxylic acids is 1. The molecule has 1 heterocycles. The molecule has 1 rings (SSSR count). The van der Waals surface area contributed by atoms with Crippen molar-refractivity contribution in [2.75, 3.05) is 11.9 Å². The Morgan fingerprint density at radius 2 is 2.38 bits per heavy atom. The van der Waals surface area contributed by atoms with Crippen LogP contribution >= 0.6 is 11.6 Å². The summed E-state index contributed by atoms with van der Waals surface area (Å²) in [7, 11) is 0. The zero-order valence-electron chi connectivity index (χ0n) is 9.21. The first-order chi connectivity index (χ1) is 7.54. The summed E-state index contributed by atoms with van der Waals surface area (Å²) in [5.74, 6) is 0.256. The molecule has 0 spiro atoms. The highest BCUT2D eigenvalue weighted by Gasteiger charge is 2.07. The van der Waals surface area contributed by atoms with Gasteiger partial charge >= 0.3 is 0 Å². The van der Waals surface area contributed by atoms with E-state index in [0.717, 1.165) is 0 Å². The number of hydrogen-bond donors (Lipinski definition) is 1. The third-order valence-electron chi connectivity index (χ3n) is 1.77. The molecule has 0 radical (unpaired) electrons. The lowest BCUT2D eigenvalue weighted by Gasteiger charge is -2.09. The van der Waals surface area contributed by atoms with Gasteiger partial charge in [-0.1, -0.05) is 18.2 Å². The fraction of sp³-hybridized carbons (Fsp3) is 0.273. The molecule has 0 unspecified atom stereocenters. The molecule has 0 bridgehead atoms. The average Bonchev–Trinajstić information content (AvgIpc) is 2.21. The van der Waals surface area contributed by atoms with Crippen LogP contribution in [0.25, 0.3) is 5.76 Å². The molecule has 1 aromatic rings. The van der Waals surface area contributed by atoms with E-state index >= 15 is 0 Å². The number of aromatic nitrogens is 1. The summed E-state index contributed by atoms with van der Waals surface area (Å²) in [6.45, 7) is 7.50. The zero-order chi connectivity index (χ0) is 12.1. The predicted molar refractivity (Wildman–Crippen MR) is 64.2 cm³/mol. The maximum absolute atomic E-state index is 10.9. The van der Waals surface area contributed by atoms with E-state index in [9.17, 15) is 4.79 Å². The van der Waals surface area contributed by atoms with Crippen LogP contribution in [0, 0.1) is 0 Å². The molecular weight excluding hydrogens is 228 g/mol. The van der Waals surface area contributed by atoms with Crippen molar-refractivity contribution in [2.45, 2.75) is 13.8 Å². The van der Waals surface area contributed by atoms with Crippen LogP contribution in [-0.4, -0.2) is 17.5 Å². The van der Waals surface area contributed by atoms with Crippen molar-refractivity contribution in [3.63, 3.8) is 0 Å². The molecule has 1 amide bonds. The number of hydrogen-bond acceptors (Lipinski definition) is 3. The van der Waals surface area contributed by atoms with E-state index in [0.29, 0.717) is 28.8 Å². The quantitative estimate of drug-likeness (QED) is 0.824. The minimum absolute atomic E-state index is 0.193. The highest BCUT2D eigenvalue weighted by Crippen LogP contribution is 2.24. The van der Waals surface area contributed by atoms with Gasteiger partial charge in [-0.3, -0.25) is 9.78 Å². The monoisotopic (exact) mass is 240 g/mol. The van der Waals surface area contributed by atoms with Crippen molar-refractivity contribution >= 4 is 29.0 Å². The Morgan fingerprint density at radius 3 is 2.94 bits per heavy atom. The topological polar surface area (TPSA) is 51.2 Å². The van der Waals surface area contributed by atoms with E-state index < -0.39 is 0 Å². The average molecular weight is 241 g/mol. The molecule has 0 aromatic carbocycles. The van der Waals surface area contributed by atoms with Crippen molar-refractivity contribution in [1.29, 1.82) is 0 Å². The fourth-order valence-corrected chi connectivity index (χ4v) is 1.28. The third kappa shape index (κ3) is 3.24. The minimum atomic E-state index is -0.193. The van der Waals surface area contributed by atoms with Crippen LogP contribution in [-0.2, 0) is 9.53 Å². The maximum Gasteiger partial charge on any atom is 0.221 e. The lowest BCUT2D eigenvalue weighted by Crippen LogP contribution is -2.07. The number of nitrogens with one attached hydrogen (secondary N) is 1. The van der Waals surface area contributed by atoms with Gasteiger partial charge in [-0.05, 0) is 13.0 Å². The normalized spacial score (nSPS) is 9.69. The second-order valence-electron chi connectivity index (χ2n) is 3.09. The Balaban J connectivity index is 2.97. The molecule has 0 saturated heterocycles. The number of amides is 1. The predicted octanol–water partition coefficient (Wildman–Crippen LogP) is 2.70. The molecule has 0 aliphatic rings. The van der Waals surface area contributed by atoms with Crippen LogP contribution in [0.4, 0.5) is 5.69 Å². The highest BCUT2D eigenvalue weighted by molar-refractivity contribution is 6.33. The summed E-state index contributed by atoms with van der Waals surface area (Å²) < 4.78 is 5.21. The van der Waals surface area contributed by atoms with Gasteiger partial charge in [0.15, 0.2) is 0 Å². The zero-order valence-corrected chi connectivity index (χ0v) is 9.97. The molecule has 4 nitrogen and oxygen atoms in total. The second kappa shape index (κ2) is 5.51. The molecule has 0 fully saturated rings. The van der Waals surface area contributed by atoms with Gasteiger partial charge in [0.2, 0.25) is 5.91 Å². The van der Waals surface area contributed by atoms with E-state index in [4.69, 9.17) is 16.3 Å². The first-order valence-electron chi connectivity index (χ1n) is 4.79. The molecule has 0 aliphatic heterocycles. The van der Waals surface area contributed by atoms with Crippen LogP contribution in [0.1, 0.15) is 19.5 Å². The first kappa shape index (κ1) is 12.5. The Labute approximate surface area is 99.3 Å². The third-order valence-corrected chi connectivity index (χ3v) is 2.07. The molecule has 16 heavy (non-hydrogen) atoms. The van der Waals surface area contributed by atoms with E-state index in [-0.39, 0.29) is 5.91 Å². The number of ether oxygens (including phenoxy) is 1.